The van der Waals surface area contributed by atoms with E-state index in [2.05, 4.69) is 4.72 Å². The summed E-state index contributed by atoms with van der Waals surface area (Å²) in [5.41, 5.74) is -6.45. The third kappa shape index (κ3) is 4.45. The number of aliphatic hydroxyl groups is 1. The number of rotatable bonds is 6. The molecule has 0 saturated carbocycles. The number of anilines is 2. The predicted molar refractivity (Wildman–Crippen MR) is 140 cm³/mol. The number of nitrogens with one attached hydrogen (secondary N) is 1. The molecule has 0 aliphatic carbocycles. The maximum absolute atomic E-state index is 14.8. The lowest BCUT2D eigenvalue weighted by Crippen LogP contribution is -2.53. The Balaban J connectivity index is 1.45. The SMILES string of the molecule is CCN1C(=O)c2cccc3c(S(=O)(=O)Nc4ccc(-c5ccc(C(O)(C(F)(F)F)C(F)(F)F)cc5F)cc4)ccc1c23. The molecule has 0 atom stereocenters. The molecule has 0 radical (unpaired) electrons. The number of carbonyl (C=O) groups excluding carboxylic acids is 1. The second-order valence-corrected chi connectivity index (χ2v) is 11.1. The number of sulfonamides is 1. The van der Waals surface area contributed by atoms with Crippen LogP contribution in [0.5, 0.6) is 0 Å². The number of hydrogen-bond acceptors (Lipinski definition) is 4. The molecule has 0 aromatic heterocycles. The predicted octanol–water partition coefficient (Wildman–Crippen LogP) is 6.74. The first-order chi connectivity index (χ1) is 19.5. The summed E-state index contributed by atoms with van der Waals surface area (Å²) >= 11 is 0. The highest BCUT2D eigenvalue weighted by Gasteiger charge is 2.71. The van der Waals surface area contributed by atoms with Gasteiger partial charge in [-0.05, 0) is 48.9 Å². The van der Waals surface area contributed by atoms with Gasteiger partial charge in [-0.1, -0.05) is 36.4 Å². The van der Waals surface area contributed by atoms with Crippen molar-refractivity contribution in [1.82, 2.24) is 0 Å². The van der Waals surface area contributed by atoms with Crippen LogP contribution in [0.3, 0.4) is 0 Å². The maximum atomic E-state index is 14.8. The summed E-state index contributed by atoms with van der Waals surface area (Å²) in [6.07, 6.45) is -12.3. The Morgan fingerprint density at radius 3 is 2.07 bits per heavy atom. The molecule has 4 aromatic rings. The summed E-state index contributed by atoms with van der Waals surface area (Å²) in [5.74, 6) is -1.73. The number of halogens is 7. The van der Waals surface area contributed by atoms with Crippen LogP contribution in [0.15, 0.2) is 77.7 Å². The monoisotopic (exact) mass is 612 g/mol. The van der Waals surface area contributed by atoms with E-state index in [1.807, 2.05) is 0 Å². The lowest BCUT2D eigenvalue weighted by atomic mass is 9.90. The number of benzene rings is 4. The maximum Gasteiger partial charge on any atom is 0.430 e. The molecule has 0 unspecified atom stereocenters. The van der Waals surface area contributed by atoms with Crippen LogP contribution < -0.4 is 9.62 Å². The fourth-order valence-corrected chi connectivity index (χ4v) is 6.22. The Hall–Kier alpha value is -4.17. The second kappa shape index (κ2) is 9.70. The van der Waals surface area contributed by atoms with Crippen molar-refractivity contribution in [2.24, 2.45) is 0 Å². The van der Waals surface area contributed by atoms with E-state index in [0.29, 0.717) is 40.7 Å². The third-order valence-electron chi connectivity index (χ3n) is 7.01. The van der Waals surface area contributed by atoms with Gasteiger partial charge in [0, 0.05) is 39.7 Å². The minimum atomic E-state index is -6.17. The first-order valence-electron chi connectivity index (χ1n) is 12.2. The lowest BCUT2D eigenvalue weighted by Gasteiger charge is -2.32. The normalized spacial score (nSPS) is 14.1. The number of nitrogens with zero attached hydrogens (tertiary/aromatic N) is 1. The van der Waals surface area contributed by atoms with Crippen molar-refractivity contribution >= 4 is 38.1 Å². The van der Waals surface area contributed by atoms with Crippen LogP contribution in [0, 0.1) is 5.82 Å². The summed E-state index contributed by atoms with van der Waals surface area (Å²) in [6, 6.07) is 13.4. The summed E-state index contributed by atoms with van der Waals surface area (Å²) < 4.78 is 123. The molecule has 0 spiro atoms. The molecule has 220 valence electrons. The van der Waals surface area contributed by atoms with Crippen LogP contribution in [-0.2, 0) is 15.6 Å². The minimum absolute atomic E-state index is 0.00746. The third-order valence-corrected chi connectivity index (χ3v) is 8.45. The van der Waals surface area contributed by atoms with Crippen molar-refractivity contribution in [3.63, 3.8) is 0 Å². The van der Waals surface area contributed by atoms with Crippen molar-refractivity contribution in [2.75, 3.05) is 16.2 Å². The molecule has 5 rings (SSSR count). The average Bonchev–Trinajstić information content (AvgIpc) is 3.19. The van der Waals surface area contributed by atoms with Crippen molar-refractivity contribution in [2.45, 2.75) is 29.8 Å². The highest BCUT2D eigenvalue weighted by atomic mass is 32.2. The van der Waals surface area contributed by atoms with Gasteiger partial charge in [-0.3, -0.25) is 9.52 Å². The largest absolute Gasteiger partial charge is 0.430 e. The molecule has 42 heavy (non-hydrogen) atoms. The number of alkyl halides is 6. The Morgan fingerprint density at radius 1 is 0.857 bits per heavy atom. The van der Waals surface area contributed by atoms with Crippen molar-refractivity contribution < 1.29 is 49.1 Å². The minimum Gasteiger partial charge on any atom is -0.369 e. The van der Waals surface area contributed by atoms with Crippen LogP contribution in [-0.4, -0.2) is 38.3 Å². The van der Waals surface area contributed by atoms with E-state index < -0.39 is 44.9 Å². The van der Waals surface area contributed by atoms with E-state index in [0.717, 1.165) is 0 Å². The highest BCUT2D eigenvalue weighted by molar-refractivity contribution is 7.93. The van der Waals surface area contributed by atoms with Gasteiger partial charge in [-0.25, -0.2) is 12.8 Å². The molecular formula is C28H19F7N2O4S. The van der Waals surface area contributed by atoms with Crippen molar-refractivity contribution in [1.29, 1.82) is 0 Å². The summed E-state index contributed by atoms with van der Waals surface area (Å²) in [7, 11) is -4.22. The van der Waals surface area contributed by atoms with Crippen molar-refractivity contribution in [3.8, 4) is 11.1 Å². The number of amides is 1. The molecule has 14 heteroatoms. The molecule has 1 heterocycles. The van der Waals surface area contributed by atoms with E-state index in [-0.39, 0.29) is 28.1 Å². The molecule has 1 aliphatic heterocycles. The standard InChI is InChI=1S/C28H19F7N2O4S/c1-2-37-22-12-13-23(19-4-3-5-20(24(19)22)25(37)38)42(40,41)36-17-9-6-15(7-10-17)18-11-8-16(14-21(18)29)26(39,27(30,31)32)28(33,34)35/h3-14,36,39H,2H2,1H3. The molecule has 0 bridgehead atoms. The van der Waals surface area contributed by atoms with Gasteiger partial charge in [0.05, 0.1) is 10.6 Å². The summed E-state index contributed by atoms with van der Waals surface area (Å²) in [4.78, 5) is 14.1. The van der Waals surface area contributed by atoms with Gasteiger partial charge in [0.15, 0.2) is 0 Å². The average molecular weight is 613 g/mol. The molecule has 0 fully saturated rings. The van der Waals surface area contributed by atoms with E-state index in [1.165, 1.54) is 41.3 Å². The zero-order valence-corrected chi connectivity index (χ0v) is 22.1. The van der Waals surface area contributed by atoms with Gasteiger partial charge in [0.2, 0.25) is 0 Å². The first kappa shape index (κ1) is 29.3. The molecule has 2 N–H and O–H groups in total. The van der Waals surface area contributed by atoms with Gasteiger partial charge in [0.1, 0.15) is 5.82 Å². The molecule has 1 amide bonds. The fourth-order valence-electron chi connectivity index (χ4n) is 4.96. The van der Waals surface area contributed by atoms with E-state index >= 15 is 0 Å². The quantitative estimate of drug-likeness (QED) is 0.236. The Bertz CT molecular complexity index is 1820. The fraction of sp³-hybridized carbons (Fsp3) is 0.179. The smallest absolute Gasteiger partial charge is 0.369 e. The Morgan fingerprint density at radius 2 is 1.50 bits per heavy atom. The van der Waals surface area contributed by atoms with Gasteiger partial charge in [0.25, 0.3) is 21.5 Å². The molecule has 1 aliphatic rings. The van der Waals surface area contributed by atoms with Gasteiger partial charge in [-0.15, -0.1) is 0 Å². The van der Waals surface area contributed by atoms with Gasteiger partial charge < -0.3 is 10.0 Å². The van der Waals surface area contributed by atoms with Crippen LogP contribution in [0.1, 0.15) is 22.8 Å². The van der Waals surface area contributed by atoms with Gasteiger partial charge in [-0.2, -0.15) is 26.3 Å². The summed E-state index contributed by atoms with van der Waals surface area (Å²) in [6.45, 7) is 2.17. The molecular weight excluding hydrogens is 593 g/mol. The second-order valence-electron chi connectivity index (χ2n) is 9.44. The zero-order chi connectivity index (χ0) is 30.8. The molecule has 4 aromatic carbocycles. The van der Waals surface area contributed by atoms with E-state index in [9.17, 15) is 49.1 Å². The van der Waals surface area contributed by atoms with Crippen LogP contribution in [0.4, 0.5) is 42.1 Å². The molecule has 6 nitrogen and oxygen atoms in total. The number of hydrogen-bond donors (Lipinski definition) is 2. The number of carbonyl (C=O) groups is 1. The molecule has 0 saturated heterocycles. The van der Waals surface area contributed by atoms with Crippen LogP contribution in [0.2, 0.25) is 0 Å². The first-order valence-corrected chi connectivity index (χ1v) is 13.7. The highest BCUT2D eigenvalue weighted by Crippen LogP contribution is 2.50. The summed E-state index contributed by atoms with van der Waals surface area (Å²) in [5, 5.41) is 10.3. The van der Waals surface area contributed by atoms with Crippen molar-refractivity contribution in [3.05, 3.63) is 89.7 Å². The Kier molecular flexibility index (Phi) is 6.77. The Labute approximate surface area is 234 Å². The van der Waals surface area contributed by atoms with Crippen LogP contribution in [0.25, 0.3) is 21.9 Å². The topological polar surface area (TPSA) is 86.7 Å². The van der Waals surface area contributed by atoms with E-state index in [1.54, 1.807) is 25.1 Å². The van der Waals surface area contributed by atoms with E-state index in [4.69, 9.17) is 0 Å². The zero-order valence-electron chi connectivity index (χ0n) is 21.3. The lowest BCUT2D eigenvalue weighted by molar-refractivity contribution is -0.376. The van der Waals surface area contributed by atoms with Crippen LogP contribution >= 0.6 is 0 Å². The van der Waals surface area contributed by atoms with Gasteiger partial charge >= 0.3 is 12.4 Å².